The molecule has 1 aromatic carbocycles. The van der Waals surface area contributed by atoms with E-state index in [1.54, 1.807) is 25.1 Å². The van der Waals surface area contributed by atoms with Crippen LogP contribution < -0.4 is 22.3 Å². The molecule has 31 heavy (non-hydrogen) atoms. The van der Waals surface area contributed by atoms with Crippen molar-refractivity contribution in [2.45, 2.75) is 39.2 Å². The first-order chi connectivity index (χ1) is 15.0. The van der Waals surface area contributed by atoms with Gasteiger partial charge in [-0.05, 0) is 31.0 Å². The average molecular weight is 425 g/mol. The molecule has 3 rings (SSSR count). The summed E-state index contributed by atoms with van der Waals surface area (Å²) in [5, 5.41) is 15.1. The zero-order chi connectivity index (χ0) is 22.2. The van der Waals surface area contributed by atoms with Crippen molar-refractivity contribution < 1.29 is 9.21 Å². The molecule has 5 N–H and O–H groups in total. The molecule has 1 amide bonds. The van der Waals surface area contributed by atoms with Crippen LogP contribution in [0.4, 0.5) is 5.69 Å². The molecule has 10 nitrogen and oxygen atoms in total. The van der Waals surface area contributed by atoms with E-state index in [1.165, 1.54) is 4.68 Å². The van der Waals surface area contributed by atoms with Crippen LogP contribution in [0.25, 0.3) is 22.7 Å². The van der Waals surface area contributed by atoms with Crippen molar-refractivity contribution in [3.63, 3.8) is 0 Å². The highest BCUT2D eigenvalue weighted by molar-refractivity contribution is 5.77. The van der Waals surface area contributed by atoms with Crippen molar-refractivity contribution >= 4 is 11.6 Å². The number of rotatable bonds is 10. The van der Waals surface area contributed by atoms with Crippen LogP contribution in [-0.4, -0.2) is 39.0 Å². The molecule has 0 fully saturated rings. The predicted molar refractivity (Wildman–Crippen MR) is 117 cm³/mol. The van der Waals surface area contributed by atoms with Crippen molar-refractivity contribution in [3.05, 3.63) is 46.6 Å². The van der Waals surface area contributed by atoms with E-state index < -0.39 is 0 Å². The molecule has 2 aromatic heterocycles. The van der Waals surface area contributed by atoms with Crippen LogP contribution in [0.2, 0.25) is 0 Å². The van der Waals surface area contributed by atoms with E-state index in [-0.39, 0.29) is 23.9 Å². The van der Waals surface area contributed by atoms with Gasteiger partial charge < -0.3 is 21.2 Å². The smallest absolute Gasteiger partial charge is 0.279 e. The number of nitrogens with zero attached hydrogens (tertiary/aromatic N) is 4. The number of benzene rings is 1. The third-order valence-corrected chi connectivity index (χ3v) is 4.74. The van der Waals surface area contributed by atoms with Crippen LogP contribution in [0.1, 0.15) is 31.6 Å². The largest absolute Gasteiger partial charge is 0.421 e. The Morgan fingerprint density at radius 1 is 1.13 bits per heavy atom. The topological polar surface area (TPSA) is 155 Å². The molecule has 2 heterocycles. The first-order valence-electron chi connectivity index (χ1n) is 10.2. The second-order valence-corrected chi connectivity index (χ2v) is 7.19. The highest BCUT2D eigenvalue weighted by Gasteiger charge is 2.16. The summed E-state index contributed by atoms with van der Waals surface area (Å²) in [4.78, 5) is 24.1. The SMILES string of the molecule is Cc1nnc(-c2cc(-c3ccc(N)cc3)nn(CCCCCCNC(=O)CN)c2=O)o1. The summed E-state index contributed by atoms with van der Waals surface area (Å²) in [6.07, 6.45) is 3.44. The quantitative estimate of drug-likeness (QED) is 0.326. The summed E-state index contributed by atoms with van der Waals surface area (Å²) in [5.74, 6) is 0.401. The van der Waals surface area contributed by atoms with Crippen molar-refractivity contribution in [1.29, 1.82) is 0 Å². The van der Waals surface area contributed by atoms with Gasteiger partial charge in [0.05, 0.1) is 12.2 Å². The van der Waals surface area contributed by atoms with Gasteiger partial charge in [-0.25, -0.2) is 4.68 Å². The molecule has 0 aliphatic carbocycles. The second-order valence-electron chi connectivity index (χ2n) is 7.19. The van der Waals surface area contributed by atoms with Crippen LogP contribution in [-0.2, 0) is 11.3 Å². The Kier molecular flexibility index (Phi) is 7.50. The monoisotopic (exact) mass is 425 g/mol. The van der Waals surface area contributed by atoms with Gasteiger partial charge in [-0.15, -0.1) is 10.2 Å². The maximum Gasteiger partial charge on any atom is 0.279 e. The normalized spacial score (nSPS) is 10.9. The molecule has 0 bridgehead atoms. The maximum absolute atomic E-state index is 13.0. The lowest BCUT2D eigenvalue weighted by molar-refractivity contribution is -0.119. The number of carbonyl (C=O) groups is 1. The number of carbonyl (C=O) groups excluding carboxylic acids is 1. The van der Waals surface area contributed by atoms with Gasteiger partial charge >= 0.3 is 0 Å². The Morgan fingerprint density at radius 2 is 1.87 bits per heavy atom. The molecule has 0 radical (unpaired) electrons. The number of aryl methyl sites for hydroxylation is 2. The fraction of sp³-hybridized carbons (Fsp3) is 0.381. The Bertz CT molecular complexity index is 1070. The molecule has 0 spiro atoms. The minimum Gasteiger partial charge on any atom is -0.421 e. The summed E-state index contributed by atoms with van der Waals surface area (Å²) in [7, 11) is 0. The summed E-state index contributed by atoms with van der Waals surface area (Å²) in [6.45, 7) is 2.73. The number of anilines is 1. The van der Waals surface area contributed by atoms with Crippen LogP contribution in [0.15, 0.2) is 39.5 Å². The number of aromatic nitrogens is 4. The zero-order valence-corrected chi connectivity index (χ0v) is 17.5. The number of hydrogen-bond acceptors (Lipinski definition) is 8. The average Bonchev–Trinajstić information content (AvgIpc) is 3.20. The number of nitrogens with one attached hydrogen (secondary N) is 1. The van der Waals surface area contributed by atoms with Gasteiger partial charge in [-0.1, -0.05) is 25.0 Å². The first kappa shape index (κ1) is 22.2. The fourth-order valence-corrected chi connectivity index (χ4v) is 3.09. The number of hydrogen-bond donors (Lipinski definition) is 3. The van der Waals surface area contributed by atoms with Gasteiger partial charge in [0.15, 0.2) is 0 Å². The van der Waals surface area contributed by atoms with Gasteiger partial charge in [0.25, 0.3) is 11.4 Å². The predicted octanol–water partition coefficient (Wildman–Crippen LogP) is 1.49. The molecular formula is C21H27N7O3. The molecule has 0 aliphatic rings. The van der Waals surface area contributed by atoms with Crippen LogP contribution in [0.3, 0.4) is 0 Å². The molecular weight excluding hydrogens is 398 g/mol. The standard InChI is InChI=1S/C21H27N7O3/c1-14-25-26-20(31-14)17-12-18(15-6-8-16(23)9-7-15)27-28(21(17)30)11-5-3-2-4-10-24-19(29)13-22/h6-9,12H,2-5,10-11,13,22-23H2,1H3,(H,24,29). The van der Waals surface area contributed by atoms with E-state index in [2.05, 4.69) is 20.6 Å². The molecule has 0 saturated carbocycles. The Hall–Kier alpha value is -3.53. The Labute approximate surface area is 179 Å². The van der Waals surface area contributed by atoms with E-state index in [0.717, 1.165) is 31.2 Å². The minimum atomic E-state index is -0.280. The van der Waals surface area contributed by atoms with Gasteiger partial charge in [-0.2, -0.15) is 5.10 Å². The lowest BCUT2D eigenvalue weighted by Crippen LogP contribution is -2.30. The highest BCUT2D eigenvalue weighted by atomic mass is 16.4. The second kappa shape index (κ2) is 10.5. The number of amides is 1. The Morgan fingerprint density at radius 3 is 2.55 bits per heavy atom. The molecule has 0 atom stereocenters. The van der Waals surface area contributed by atoms with Gasteiger partial charge in [0.1, 0.15) is 5.56 Å². The Balaban J connectivity index is 1.74. The third kappa shape index (κ3) is 5.98. The van der Waals surface area contributed by atoms with Gasteiger partial charge in [0, 0.05) is 31.3 Å². The highest BCUT2D eigenvalue weighted by Crippen LogP contribution is 2.22. The summed E-state index contributed by atoms with van der Waals surface area (Å²) in [5.41, 5.74) is 13.2. The fourth-order valence-electron chi connectivity index (χ4n) is 3.09. The summed E-state index contributed by atoms with van der Waals surface area (Å²) >= 11 is 0. The molecule has 0 saturated heterocycles. The van der Waals surface area contributed by atoms with E-state index in [9.17, 15) is 9.59 Å². The summed E-state index contributed by atoms with van der Waals surface area (Å²) < 4.78 is 6.93. The molecule has 0 unspecified atom stereocenters. The summed E-state index contributed by atoms with van der Waals surface area (Å²) in [6, 6.07) is 8.94. The number of nitrogen functional groups attached to an aromatic ring is 1. The van der Waals surface area contributed by atoms with Crippen LogP contribution >= 0.6 is 0 Å². The van der Waals surface area contributed by atoms with E-state index in [4.69, 9.17) is 15.9 Å². The van der Waals surface area contributed by atoms with Gasteiger partial charge in [0.2, 0.25) is 11.8 Å². The van der Waals surface area contributed by atoms with Crippen LogP contribution in [0.5, 0.6) is 0 Å². The number of unbranched alkanes of at least 4 members (excludes halogenated alkanes) is 3. The molecule has 0 aliphatic heterocycles. The lowest BCUT2D eigenvalue weighted by Gasteiger charge is -2.10. The molecule has 10 heteroatoms. The molecule has 3 aromatic rings. The van der Waals surface area contributed by atoms with E-state index in [0.29, 0.717) is 35.9 Å². The van der Waals surface area contributed by atoms with E-state index in [1.807, 2.05) is 12.1 Å². The van der Waals surface area contributed by atoms with Crippen molar-refractivity contribution in [2.75, 3.05) is 18.8 Å². The van der Waals surface area contributed by atoms with Gasteiger partial charge in [-0.3, -0.25) is 9.59 Å². The minimum absolute atomic E-state index is 0.000831. The number of nitrogens with two attached hydrogens (primary N) is 2. The maximum atomic E-state index is 13.0. The van der Waals surface area contributed by atoms with Crippen molar-refractivity contribution in [1.82, 2.24) is 25.3 Å². The van der Waals surface area contributed by atoms with Crippen molar-refractivity contribution in [3.8, 4) is 22.7 Å². The lowest BCUT2D eigenvalue weighted by atomic mass is 10.1. The van der Waals surface area contributed by atoms with E-state index >= 15 is 0 Å². The third-order valence-electron chi connectivity index (χ3n) is 4.74. The van der Waals surface area contributed by atoms with Crippen LogP contribution in [0, 0.1) is 6.92 Å². The van der Waals surface area contributed by atoms with Crippen molar-refractivity contribution in [2.24, 2.45) is 5.73 Å². The first-order valence-corrected chi connectivity index (χ1v) is 10.2. The zero-order valence-electron chi connectivity index (χ0n) is 17.5. The molecule has 164 valence electrons.